The molecule has 1 saturated heterocycles. The lowest BCUT2D eigenvalue weighted by molar-refractivity contribution is -0.134. The van der Waals surface area contributed by atoms with Crippen molar-refractivity contribution in [2.24, 2.45) is 0 Å². The molecule has 1 aliphatic heterocycles. The summed E-state index contributed by atoms with van der Waals surface area (Å²) in [5.74, 6) is -2.14. The van der Waals surface area contributed by atoms with Crippen LogP contribution in [0.15, 0.2) is 12.1 Å². The second kappa shape index (κ2) is 5.15. The van der Waals surface area contributed by atoms with Crippen molar-refractivity contribution in [3.8, 4) is 17.2 Å². The van der Waals surface area contributed by atoms with E-state index in [4.69, 9.17) is 0 Å². The van der Waals surface area contributed by atoms with Crippen molar-refractivity contribution in [2.75, 3.05) is 0 Å². The largest absolute Gasteiger partial charge is 0.504 e. The summed E-state index contributed by atoms with van der Waals surface area (Å²) >= 11 is 0. The van der Waals surface area contributed by atoms with Crippen molar-refractivity contribution in [1.29, 1.82) is 0 Å². The Morgan fingerprint density at radius 2 is 1.95 bits per heavy atom. The molecule has 2 rings (SSSR count). The maximum atomic E-state index is 11.5. The number of aromatic hydroxyl groups is 3. The summed E-state index contributed by atoms with van der Waals surface area (Å²) in [4.78, 5) is 22.5. The van der Waals surface area contributed by atoms with Gasteiger partial charge in [-0.05, 0) is 12.5 Å². The first kappa shape index (κ1) is 13.2. The third-order valence-corrected chi connectivity index (χ3v) is 2.99. The van der Waals surface area contributed by atoms with E-state index in [1.807, 2.05) is 0 Å². The van der Waals surface area contributed by atoms with Crippen LogP contribution >= 0.6 is 0 Å². The molecule has 1 fully saturated rings. The number of phenolic OH excluding ortho intramolecular Hbond substituents is 3. The van der Waals surface area contributed by atoms with E-state index in [0.717, 1.165) is 0 Å². The number of hydrogen-bond donors (Lipinski definition) is 5. The van der Waals surface area contributed by atoms with Crippen molar-refractivity contribution < 1.29 is 24.9 Å². The summed E-state index contributed by atoms with van der Waals surface area (Å²) in [6.45, 7) is 0.131. The van der Waals surface area contributed by atoms with Crippen LogP contribution in [0, 0.1) is 0 Å². The monoisotopic (exact) mass is 266 g/mol. The first-order valence-electron chi connectivity index (χ1n) is 5.79. The molecule has 0 aliphatic carbocycles. The molecule has 0 saturated carbocycles. The van der Waals surface area contributed by atoms with Crippen molar-refractivity contribution >= 4 is 11.8 Å². The number of carbonyl (C=O) groups is 2. The van der Waals surface area contributed by atoms with E-state index in [1.54, 1.807) is 0 Å². The van der Waals surface area contributed by atoms with Crippen molar-refractivity contribution in [2.45, 2.75) is 25.4 Å². The fourth-order valence-corrected chi connectivity index (χ4v) is 1.87. The van der Waals surface area contributed by atoms with Crippen LogP contribution in [-0.2, 0) is 16.1 Å². The molecular formula is C12H14N2O5. The van der Waals surface area contributed by atoms with Crippen molar-refractivity contribution in [3.63, 3.8) is 0 Å². The normalized spacial score (nSPS) is 19.3. The SMILES string of the molecule is O=C1CCC(NCc2ccc(O)c(O)c2O)C(=O)N1. The average Bonchev–Trinajstić information content (AvgIpc) is 2.37. The van der Waals surface area contributed by atoms with Crippen molar-refractivity contribution in [1.82, 2.24) is 10.6 Å². The highest BCUT2D eigenvalue weighted by Crippen LogP contribution is 2.36. The molecule has 1 aromatic rings. The standard InChI is InChI=1S/C12H14N2O5/c15-8-3-1-6(10(17)11(8)18)5-13-7-2-4-9(16)14-12(7)19/h1,3,7,13,15,17-18H,2,4-5H2,(H,14,16,19). The number of imide groups is 1. The number of benzene rings is 1. The molecule has 1 aromatic carbocycles. The predicted octanol–water partition coefficient (Wildman–Crippen LogP) is -0.302. The van der Waals surface area contributed by atoms with Gasteiger partial charge in [-0.1, -0.05) is 6.07 Å². The molecule has 7 nitrogen and oxygen atoms in total. The predicted molar refractivity (Wildman–Crippen MR) is 64.4 cm³/mol. The minimum absolute atomic E-state index is 0.131. The van der Waals surface area contributed by atoms with Gasteiger partial charge < -0.3 is 20.6 Å². The van der Waals surface area contributed by atoms with Crippen LogP contribution in [0.2, 0.25) is 0 Å². The van der Waals surface area contributed by atoms with Gasteiger partial charge in [0.05, 0.1) is 6.04 Å². The molecule has 1 unspecified atom stereocenters. The van der Waals surface area contributed by atoms with E-state index in [0.29, 0.717) is 12.0 Å². The topological polar surface area (TPSA) is 119 Å². The third-order valence-electron chi connectivity index (χ3n) is 2.99. The Balaban J connectivity index is 2.01. The summed E-state index contributed by atoms with van der Waals surface area (Å²) < 4.78 is 0. The second-order valence-corrected chi connectivity index (χ2v) is 4.33. The van der Waals surface area contributed by atoms with Crippen molar-refractivity contribution in [3.05, 3.63) is 17.7 Å². The molecule has 2 amide bonds. The number of phenols is 3. The van der Waals surface area contributed by atoms with E-state index < -0.39 is 29.2 Å². The number of amides is 2. The Kier molecular flexibility index (Phi) is 3.57. The highest BCUT2D eigenvalue weighted by Gasteiger charge is 2.26. The fraction of sp³-hybridized carbons (Fsp3) is 0.333. The Hall–Kier alpha value is -2.28. The molecule has 1 atom stereocenters. The smallest absolute Gasteiger partial charge is 0.243 e. The second-order valence-electron chi connectivity index (χ2n) is 4.33. The Morgan fingerprint density at radius 3 is 2.63 bits per heavy atom. The molecule has 102 valence electrons. The molecule has 5 N–H and O–H groups in total. The number of nitrogens with one attached hydrogen (secondary N) is 2. The van der Waals surface area contributed by atoms with E-state index in [-0.39, 0.29) is 18.9 Å². The van der Waals surface area contributed by atoms with Gasteiger partial charge in [-0.3, -0.25) is 14.9 Å². The molecule has 0 bridgehead atoms. The Morgan fingerprint density at radius 1 is 1.21 bits per heavy atom. The van der Waals surface area contributed by atoms with Crippen LogP contribution in [0.5, 0.6) is 17.2 Å². The van der Waals surface area contributed by atoms with E-state index in [2.05, 4.69) is 10.6 Å². The molecule has 7 heteroatoms. The maximum Gasteiger partial charge on any atom is 0.243 e. The van der Waals surface area contributed by atoms with Crippen LogP contribution in [0.3, 0.4) is 0 Å². The number of carbonyl (C=O) groups excluding carboxylic acids is 2. The number of rotatable bonds is 3. The van der Waals surface area contributed by atoms with Gasteiger partial charge >= 0.3 is 0 Å². The highest BCUT2D eigenvalue weighted by atomic mass is 16.3. The molecular weight excluding hydrogens is 252 g/mol. The minimum Gasteiger partial charge on any atom is -0.504 e. The zero-order valence-electron chi connectivity index (χ0n) is 10.0. The van der Waals surface area contributed by atoms with Gasteiger partial charge in [-0.25, -0.2) is 0 Å². The van der Waals surface area contributed by atoms with Crippen LogP contribution in [-0.4, -0.2) is 33.2 Å². The van der Waals surface area contributed by atoms with Gasteiger partial charge in [-0.2, -0.15) is 0 Å². The Labute approximate surface area is 108 Å². The lowest BCUT2D eigenvalue weighted by atomic mass is 10.1. The summed E-state index contributed by atoms with van der Waals surface area (Å²) in [5.41, 5.74) is 0.347. The van der Waals surface area contributed by atoms with E-state index in [9.17, 15) is 24.9 Å². The van der Waals surface area contributed by atoms with Gasteiger partial charge in [0.15, 0.2) is 11.5 Å². The van der Waals surface area contributed by atoms with Crippen LogP contribution < -0.4 is 10.6 Å². The van der Waals surface area contributed by atoms with Gasteiger partial charge in [0, 0.05) is 18.5 Å². The quantitative estimate of drug-likeness (QED) is 0.378. The Bertz CT molecular complexity index is 529. The summed E-state index contributed by atoms with van der Waals surface area (Å²) in [5, 5.41) is 33.2. The first-order valence-corrected chi connectivity index (χ1v) is 5.79. The lowest BCUT2D eigenvalue weighted by Gasteiger charge is -2.22. The minimum atomic E-state index is -0.595. The zero-order chi connectivity index (χ0) is 14.0. The molecule has 1 aliphatic rings. The molecule has 0 spiro atoms. The lowest BCUT2D eigenvalue weighted by Crippen LogP contribution is -2.50. The van der Waals surface area contributed by atoms with Crippen LogP contribution in [0.1, 0.15) is 18.4 Å². The molecule has 0 aromatic heterocycles. The molecule has 1 heterocycles. The first-order chi connectivity index (χ1) is 8.99. The number of hydrogen-bond acceptors (Lipinski definition) is 6. The summed E-state index contributed by atoms with van der Waals surface area (Å²) in [6.07, 6.45) is 0.645. The molecule has 0 radical (unpaired) electrons. The van der Waals surface area contributed by atoms with E-state index in [1.165, 1.54) is 12.1 Å². The summed E-state index contributed by atoms with van der Waals surface area (Å²) in [6, 6.07) is 2.16. The maximum absolute atomic E-state index is 11.5. The fourth-order valence-electron chi connectivity index (χ4n) is 1.87. The average molecular weight is 266 g/mol. The van der Waals surface area contributed by atoms with E-state index >= 15 is 0 Å². The van der Waals surface area contributed by atoms with Gasteiger partial charge in [-0.15, -0.1) is 0 Å². The highest BCUT2D eigenvalue weighted by molar-refractivity contribution is 6.00. The third kappa shape index (κ3) is 2.76. The molecule has 19 heavy (non-hydrogen) atoms. The number of piperidine rings is 1. The van der Waals surface area contributed by atoms with Gasteiger partial charge in [0.25, 0.3) is 0 Å². The van der Waals surface area contributed by atoms with Gasteiger partial charge in [0.2, 0.25) is 17.6 Å². The zero-order valence-corrected chi connectivity index (χ0v) is 10.0. The van der Waals surface area contributed by atoms with Crippen LogP contribution in [0.4, 0.5) is 0 Å². The summed E-state index contributed by atoms with van der Waals surface area (Å²) in [7, 11) is 0. The van der Waals surface area contributed by atoms with Crippen LogP contribution in [0.25, 0.3) is 0 Å². The van der Waals surface area contributed by atoms with Gasteiger partial charge in [0.1, 0.15) is 0 Å².